The number of carbonyl (C=O) groups is 1. The van der Waals surface area contributed by atoms with Crippen LogP contribution in [0, 0.1) is 13.8 Å². The summed E-state index contributed by atoms with van der Waals surface area (Å²) in [6.45, 7) is 11.6. The van der Waals surface area contributed by atoms with Gasteiger partial charge in [0.2, 0.25) is 0 Å². The molecule has 9 nitrogen and oxygen atoms in total. The highest BCUT2D eigenvalue weighted by Gasteiger charge is 2.41. The number of hydrogen-bond acceptors (Lipinski definition) is 7. The summed E-state index contributed by atoms with van der Waals surface area (Å²) in [4.78, 5) is 34.4. The fraction of sp³-hybridized carbons (Fsp3) is 0.500. The normalized spacial score (nSPS) is 18.0. The van der Waals surface area contributed by atoms with Crippen molar-refractivity contribution >= 4 is 17.3 Å². The maximum Gasteiger partial charge on any atom is 0.256 e. The molecule has 3 aliphatic heterocycles. The molecule has 2 fully saturated rings. The molecule has 45 heavy (non-hydrogen) atoms. The zero-order valence-electron chi connectivity index (χ0n) is 27.3. The van der Waals surface area contributed by atoms with Gasteiger partial charge in [0, 0.05) is 60.4 Å². The average Bonchev–Trinajstić information content (AvgIpc) is 3.40. The molecule has 0 bridgehead atoms. The second-order valence-electron chi connectivity index (χ2n) is 13.0. The molecular weight excluding hydrogens is 566 g/mol. The number of piperidine rings is 1. The van der Waals surface area contributed by atoms with Gasteiger partial charge in [-0.15, -0.1) is 0 Å². The van der Waals surface area contributed by atoms with Crippen molar-refractivity contribution in [2.75, 3.05) is 63.8 Å². The van der Waals surface area contributed by atoms with Crippen molar-refractivity contribution in [1.29, 1.82) is 0 Å². The monoisotopic (exact) mass is 613 g/mol. The summed E-state index contributed by atoms with van der Waals surface area (Å²) in [5.74, 6) is 0.248. The molecule has 0 radical (unpaired) electrons. The Morgan fingerprint density at radius 3 is 2.58 bits per heavy atom. The van der Waals surface area contributed by atoms with E-state index in [9.17, 15) is 9.59 Å². The molecule has 3 aromatic rings. The number of H-pyrrole nitrogens is 1. The molecule has 4 heterocycles. The third-order valence-corrected chi connectivity index (χ3v) is 10.3. The molecular formula is C36H47N5O4. The maximum absolute atomic E-state index is 13.9. The number of pyridine rings is 1. The van der Waals surface area contributed by atoms with E-state index in [4.69, 9.17) is 9.47 Å². The van der Waals surface area contributed by atoms with Crippen LogP contribution in [-0.4, -0.2) is 75.4 Å². The molecule has 3 N–H and O–H groups in total. The van der Waals surface area contributed by atoms with E-state index in [-0.39, 0.29) is 23.4 Å². The third kappa shape index (κ3) is 6.08. The minimum atomic E-state index is -0.261. The number of methoxy groups -OCH3 is 1. The number of carbonyl (C=O) groups excluding carboxylic acids is 1. The van der Waals surface area contributed by atoms with Crippen LogP contribution in [0.4, 0.5) is 11.4 Å². The lowest BCUT2D eigenvalue weighted by molar-refractivity contribution is 0.0846. The lowest BCUT2D eigenvalue weighted by Gasteiger charge is -2.38. The number of ether oxygens (including phenoxy) is 2. The van der Waals surface area contributed by atoms with Crippen LogP contribution >= 0.6 is 0 Å². The Balaban J connectivity index is 1.37. The first-order valence-corrected chi connectivity index (χ1v) is 16.3. The molecule has 0 unspecified atom stereocenters. The topological polar surface area (TPSA) is 98.9 Å². The van der Waals surface area contributed by atoms with Gasteiger partial charge in [-0.1, -0.05) is 12.1 Å². The summed E-state index contributed by atoms with van der Waals surface area (Å²) >= 11 is 0. The Morgan fingerprint density at radius 2 is 1.87 bits per heavy atom. The number of fused-ring (bicyclic) bond motifs is 2. The molecule has 0 saturated carbocycles. The Kier molecular flexibility index (Phi) is 8.93. The zero-order valence-corrected chi connectivity index (χ0v) is 27.3. The number of nitrogens with one attached hydrogen (secondary N) is 3. The Bertz CT molecular complexity index is 1620. The molecule has 2 aromatic carbocycles. The smallest absolute Gasteiger partial charge is 0.256 e. The highest BCUT2D eigenvalue weighted by atomic mass is 16.5. The Morgan fingerprint density at radius 1 is 1.11 bits per heavy atom. The molecule has 6 rings (SSSR count). The van der Waals surface area contributed by atoms with Gasteiger partial charge in [-0.3, -0.25) is 9.59 Å². The van der Waals surface area contributed by atoms with Gasteiger partial charge >= 0.3 is 0 Å². The Hall–Kier alpha value is -3.82. The number of hydrogen-bond donors (Lipinski definition) is 3. The molecule has 9 heteroatoms. The van der Waals surface area contributed by atoms with E-state index in [0.717, 1.165) is 87.5 Å². The first-order chi connectivity index (χ1) is 21.7. The van der Waals surface area contributed by atoms with Crippen molar-refractivity contribution in [1.82, 2.24) is 15.2 Å². The van der Waals surface area contributed by atoms with Gasteiger partial charge in [0.25, 0.3) is 11.5 Å². The summed E-state index contributed by atoms with van der Waals surface area (Å²) in [6.07, 6.45) is 4.23. The summed E-state index contributed by atoms with van der Waals surface area (Å²) in [7, 11) is 3.74. The van der Waals surface area contributed by atoms with Crippen molar-refractivity contribution in [3.8, 4) is 16.9 Å². The first-order valence-electron chi connectivity index (χ1n) is 16.3. The number of benzene rings is 2. The van der Waals surface area contributed by atoms with Gasteiger partial charge < -0.3 is 34.9 Å². The van der Waals surface area contributed by atoms with Crippen molar-refractivity contribution < 1.29 is 14.3 Å². The molecule has 1 amide bonds. The fourth-order valence-corrected chi connectivity index (χ4v) is 7.51. The van der Waals surface area contributed by atoms with Crippen LogP contribution in [0.25, 0.3) is 11.1 Å². The van der Waals surface area contributed by atoms with Crippen molar-refractivity contribution in [3.63, 3.8) is 0 Å². The lowest BCUT2D eigenvalue weighted by atomic mass is 9.74. The lowest BCUT2D eigenvalue weighted by Crippen LogP contribution is -2.42. The van der Waals surface area contributed by atoms with Crippen LogP contribution in [0.5, 0.6) is 5.75 Å². The standard InChI is InChI=1S/C36H47N5O4/c1-6-41(27-9-15-45-16-10-27)32-20-26(25-7-8-30-31(19-25)38-22-36(30)11-13-40(4)14-12-36)18-28(24(32)3)34(42)37-21-29-33(44-5)17-23(2)39-35(29)43/h7-8,17-20,27,38H,6,9-16,21-22H2,1-5H3,(H,37,42)(H,39,43). The van der Waals surface area contributed by atoms with Crippen LogP contribution in [0.15, 0.2) is 41.2 Å². The van der Waals surface area contributed by atoms with E-state index in [2.05, 4.69) is 63.7 Å². The van der Waals surface area contributed by atoms with Crippen LogP contribution in [0.2, 0.25) is 0 Å². The largest absolute Gasteiger partial charge is 0.496 e. The number of likely N-dealkylation sites (tertiary alicyclic amines) is 1. The van der Waals surface area contributed by atoms with Crippen molar-refractivity contribution in [3.05, 3.63) is 74.7 Å². The number of aryl methyl sites for hydroxylation is 1. The van der Waals surface area contributed by atoms with Crippen LogP contribution in [0.3, 0.4) is 0 Å². The molecule has 3 aliphatic rings. The van der Waals surface area contributed by atoms with Gasteiger partial charge in [0.05, 0.1) is 19.2 Å². The zero-order chi connectivity index (χ0) is 31.7. The minimum absolute atomic E-state index is 0.0636. The van der Waals surface area contributed by atoms with Crippen molar-refractivity contribution in [2.45, 2.75) is 64.5 Å². The molecule has 0 aliphatic carbocycles. The van der Waals surface area contributed by atoms with Crippen LogP contribution < -0.4 is 25.8 Å². The first kappa shape index (κ1) is 31.2. The van der Waals surface area contributed by atoms with Gasteiger partial charge in [-0.2, -0.15) is 0 Å². The second-order valence-corrected chi connectivity index (χ2v) is 13.0. The number of aromatic amines is 1. The molecule has 2 saturated heterocycles. The number of nitrogens with zero attached hydrogens (tertiary/aromatic N) is 2. The van der Waals surface area contributed by atoms with Crippen LogP contribution in [-0.2, 0) is 16.7 Å². The number of aromatic nitrogens is 1. The van der Waals surface area contributed by atoms with Crippen LogP contribution in [0.1, 0.15) is 65.3 Å². The van der Waals surface area contributed by atoms with E-state index in [1.165, 1.54) is 18.4 Å². The van der Waals surface area contributed by atoms with E-state index in [1.54, 1.807) is 6.07 Å². The summed E-state index contributed by atoms with van der Waals surface area (Å²) < 4.78 is 11.1. The molecule has 0 atom stereocenters. The quantitative estimate of drug-likeness (QED) is 0.329. The van der Waals surface area contributed by atoms with Gasteiger partial charge in [-0.05, 0) is 113 Å². The number of anilines is 2. The predicted octanol–water partition coefficient (Wildman–Crippen LogP) is 4.99. The molecule has 240 valence electrons. The highest BCUT2D eigenvalue weighted by molar-refractivity contribution is 5.99. The van der Waals surface area contributed by atoms with Gasteiger partial charge in [0.15, 0.2) is 0 Å². The SMILES string of the molecule is CCN(c1cc(-c2ccc3c(c2)NCC32CCN(C)CC2)cc(C(=O)NCc2c(OC)cc(C)[nH]c2=O)c1C)C1CCOCC1. The summed E-state index contributed by atoms with van der Waals surface area (Å²) in [5.41, 5.74) is 8.35. The second kappa shape index (κ2) is 12.9. The molecule has 1 aromatic heterocycles. The summed E-state index contributed by atoms with van der Waals surface area (Å²) in [6, 6.07) is 13.2. The predicted molar refractivity (Wildman–Crippen MR) is 180 cm³/mol. The van der Waals surface area contributed by atoms with E-state index in [0.29, 0.717) is 28.6 Å². The van der Waals surface area contributed by atoms with E-state index in [1.807, 2.05) is 19.9 Å². The summed E-state index contributed by atoms with van der Waals surface area (Å²) in [5, 5.41) is 6.75. The van der Waals surface area contributed by atoms with E-state index < -0.39 is 0 Å². The van der Waals surface area contributed by atoms with E-state index >= 15 is 0 Å². The van der Waals surface area contributed by atoms with Gasteiger partial charge in [0.1, 0.15) is 5.75 Å². The average molecular weight is 614 g/mol. The van der Waals surface area contributed by atoms with Gasteiger partial charge in [-0.25, -0.2) is 0 Å². The highest BCUT2D eigenvalue weighted by Crippen LogP contribution is 2.45. The third-order valence-electron chi connectivity index (χ3n) is 10.3. The van der Waals surface area contributed by atoms with Crippen molar-refractivity contribution in [2.24, 2.45) is 0 Å². The Labute approximate surface area is 266 Å². The molecule has 1 spiro atoms. The number of amides is 1. The fourth-order valence-electron chi connectivity index (χ4n) is 7.51. The maximum atomic E-state index is 13.9. The number of rotatable bonds is 8. The minimum Gasteiger partial charge on any atom is -0.496 e.